The molecule has 7 heteroatoms. The Hall–Kier alpha value is -1.89. The predicted molar refractivity (Wildman–Crippen MR) is 159 cm³/mol. The van der Waals surface area contributed by atoms with E-state index in [1.165, 1.54) is 57.8 Å². The Morgan fingerprint density at radius 3 is 1.23 bits per heavy atom. The number of nitrogens with zero attached hydrogens (tertiary/aromatic N) is 1. The van der Waals surface area contributed by atoms with Gasteiger partial charge in [0.05, 0.1) is 43.9 Å². The van der Waals surface area contributed by atoms with E-state index in [-0.39, 0.29) is 0 Å². The molecule has 0 aliphatic carbocycles. The van der Waals surface area contributed by atoms with Gasteiger partial charge in [-0.2, -0.15) is 0 Å². The normalized spacial score (nSPS) is 15.6. The molecule has 0 saturated carbocycles. The summed E-state index contributed by atoms with van der Waals surface area (Å²) in [5.41, 5.74) is 0. The van der Waals surface area contributed by atoms with Gasteiger partial charge in [0.15, 0.2) is 0 Å². The predicted octanol–water partition coefficient (Wildman–Crippen LogP) is 7.78. The van der Waals surface area contributed by atoms with E-state index in [1.54, 1.807) is 20.8 Å². The van der Waals surface area contributed by atoms with E-state index in [0.29, 0.717) is 43.4 Å². The summed E-state index contributed by atoms with van der Waals surface area (Å²) in [7, 11) is 0. The van der Waals surface area contributed by atoms with Crippen LogP contribution in [0.4, 0.5) is 0 Å². The summed E-state index contributed by atoms with van der Waals surface area (Å²) < 4.78 is 0.605. The van der Waals surface area contributed by atoms with Crippen LogP contribution in [0.5, 0.6) is 0 Å². The molecule has 39 heavy (non-hydrogen) atoms. The maximum absolute atomic E-state index is 11.5. The molecule has 0 amide bonds. The summed E-state index contributed by atoms with van der Waals surface area (Å²) in [5.74, 6) is -3.92. The number of carboxylic acids is 3. The van der Waals surface area contributed by atoms with Crippen molar-refractivity contribution in [3.05, 3.63) is 12.2 Å². The van der Waals surface area contributed by atoms with E-state index in [1.807, 2.05) is 0 Å². The number of carbonyl (C=O) groups is 3. The Kier molecular flexibility index (Phi) is 21.8. The second kappa shape index (κ2) is 22.9. The lowest BCUT2D eigenvalue weighted by Gasteiger charge is -2.40. The van der Waals surface area contributed by atoms with Crippen molar-refractivity contribution >= 4 is 17.9 Å². The lowest BCUT2D eigenvalue weighted by Crippen LogP contribution is -2.52. The van der Waals surface area contributed by atoms with Gasteiger partial charge in [0, 0.05) is 19.3 Å². The molecule has 0 fully saturated rings. The van der Waals surface area contributed by atoms with E-state index >= 15 is 0 Å². The van der Waals surface area contributed by atoms with Crippen molar-refractivity contribution in [2.45, 2.75) is 130 Å². The van der Waals surface area contributed by atoms with Crippen LogP contribution in [0.2, 0.25) is 0 Å². The molecule has 0 rings (SSSR count). The first-order valence-electron chi connectivity index (χ1n) is 15.7. The molecule has 228 valence electrons. The summed E-state index contributed by atoms with van der Waals surface area (Å²) in [6, 6.07) is 0. The standard InChI is InChI=1S/C32H59NO6/c1-5-6-7-8-9-10-11-12-13-14-15-16-17-18-19-23-33(24-20-27(2)30(34)35,25-21-28(3)31(36)37)26-22-29(4)32(38)39/h12-13,27-29H,5-11,14-26H2,1-4H3,(H2-,34,35,36,37,38,39)/p+1/b13-12+. The third-order valence-corrected chi connectivity index (χ3v) is 8.27. The summed E-state index contributed by atoms with van der Waals surface area (Å²) in [6.45, 7) is 10.1. The van der Waals surface area contributed by atoms with Crippen molar-refractivity contribution < 1.29 is 34.2 Å². The monoisotopic (exact) mass is 554 g/mol. The molecule has 0 aromatic heterocycles. The van der Waals surface area contributed by atoms with E-state index in [0.717, 1.165) is 32.2 Å². The molecule has 3 atom stereocenters. The smallest absolute Gasteiger partial charge is 0.306 e. The Bertz CT molecular complexity index is 632. The molecular weight excluding hydrogens is 494 g/mol. The number of allylic oxidation sites excluding steroid dienone is 2. The third kappa shape index (κ3) is 19.8. The minimum atomic E-state index is -0.827. The molecule has 0 aliphatic rings. The Morgan fingerprint density at radius 1 is 0.538 bits per heavy atom. The highest BCUT2D eigenvalue weighted by atomic mass is 16.4. The molecule has 0 bridgehead atoms. The van der Waals surface area contributed by atoms with Crippen molar-refractivity contribution in [2.24, 2.45) is 17.8 Å². The van der Waals surface area contributed by atoms with Crippen molar-refractivity contribution in [3.63, 3.8) is 0 Å². The molecule has 0 aromatic rings. The Labute approximate surface area is 238 Å². The molecular formula is C32H60NO6+. The van der Waals surface area contributed by atoms with E-state index in [2.05, 4.69) is 19.1 Å². The summed E-state index contributed by atoms with van der Waals surface area (Å²) in [4.78, 5) is 34.4. The van der Waals surface area contributed by atoms with E-state index in [9.17, 15) is 29.7 Å². The third-order valence-electron chi connectivity index (χ3n) is 8.27. The topological polar surface area (TPSA) is 112 Å². The molecule has 3 N–H and O–H groups in total. The van der Waals surface area contributed by atoms with Gasteiger partial charge in [-0.15, -0.1) is 0 Å². The van der Waals surface area contributed by atoms with Crippen molar-refractivity contribution in [1.82, 2.24) is 0 Å². The molecule has 7 nitrogen and oxygen atoms in total. The van der Waals surface area contributed by atoms with Crippen LogP contribution in [-0.4, -0.2) is 63.9 Å². The van der Waals surface area contributed by atoms with Crippen LogP contribution in [0, 0.1) is 17.8 Å². The van der Waals surface area contributed by atoms with Gasteiger partial charge in [0.2, 0.25) is 0 Å². The minimum Gasteiger partial charge on any atom is -0.481 e. The van der Waals surface area contributed by atoms with Gasteiger partial charge in [-0.3, -0.25) is 14.4 Å². The minimum absolute atomic E-state index is 0.481. The van der Waals surface area contributed by atoms with Crippen LogP contribution in [-0.2, 0) is 14.4 Å². The molecule has 0 aliphatic heterocycles. The molecule has 0 radical (unpaired) electrons. The van der Waals surface area contributed by atoms with Crippen LogP contribution in [0.25, 0.3) is 0 Å². The van der Waals surface area contributed by atoms with Gasteiger partial charge in [0.1, 0.15) is 0 Å². The Morgan fingerprint density at radius 2 is 0.872 bits per heavy atom. The highest BCUT2D eigenvalue weighted by Gasteiger charge is 2.31. The van der Waals surface area contributed by atoms with Crippen molar-refractivity contribution in [2.75, 3.05) is 26.2 Å². The fraction of sp³-hybridized carbons (Fsp3) is 0.844. The van der Waals surface area contributed by atoms with Crippen LogP contribution in [0.3, 0.4) is 0 Å². The zero-order valence-electron chi connectivity index (χ0n) is 25.5. The SMILES string of the molecule is CCCCCCCC/C=C/CCCCCCC[N+](CCC(C)C(=O)O)(CCC(C)C(=O)O)CCC(C)C(=O)O. The number of hydrogen-bond acceptors (Lipinski definition) is 3. The van der Waals surface area contributed by atoms with E-state index in [4.69, 9.17) is 0 Å². The maximum atomic E-state index is 11.5. The largest absolute Gasteiger partial charge is 0.481 e. The fourth-order valence-electron chi connectivity index (χ4n) is 4.96. The van der Waals surface area contributed by atoms with Crippen molar-refractivity contribution in [3.8, 4) is 0 Å². The zero-order valence-corrected chi connectivity index (χ0v) is 25.5. The van der Waals surface area contributed by atoms with Gasteiger partial charge in [-0.1, -0.05) is 84.8 Å². The first-order chi connectivity index (χ1) is 18.5. The fourth-order valence-corrected chi connectivity index (χ4v) is 4.96. The number of quaternary nitrogens is 1. The van der Waals surface area contributed by atoms with Crippen molar-refractivity contribution in [1.29, 1.82) is 0 Å². The number of aliphatic carboxylic acids is 3. The second-order valence-corrected chi connectivity index (χ2v) is 11.9. The molecule has 0 saturated heterocycles. The lowest BCUT2D eigenvalue weighted by molar-refractivity contribution is -0.929. The average Bonchev–Trinajstić information content (AvgIpc) is 2.90. The summed E-state index contributed by atoms with van der Waals surface area (Å²) in [6.07, 6.45) is 22.1. The van der Waals surface area contributed by atoms with Gasteiger partial charge in [-0.25, -0.2) is 0 Å². The van der Waals surface area contributed by atoms with Gasteiger partial charge < -0.3 is 19.8 Å². The van der Waals surface area contributed by atoms with Gasteiger partial charge in [-0.05, 0) is 38.5 Å². The first kappa shape index (κ1) is 37.1. The average molecular weight is 555 g/mol. The number of unbranched alkanes of at least 4 members (excludes halogenated alkanes) is 11. The van der Waals surface area contributed by atoms with Crippen LogP contribution in [0.15, 0.2) is 12.2 Å². The molecule has 0 spiro atoms. The zero-order chi connectivity index (χ0) is 29.5. The highest BCUT2D eigenvalue weighted by Crippen LogP contribution is 2.22. The number of rotatable bonds is 27. The molecule has 3 unspecified atom stereocenters. The highest BCUT2D eigenvalue weighted by molar-refractivity contribution is 5.70. The maximum Gasteiger partial charge on any atom is 0.306 e. The van der Waals surface area contributed by atoms with Gasteiger partial charge in [0.25, 0.3) is 0 Å². The Balaban J connectivity index is 4.75. The quantitative estimate of drug-likeness (QED) is 0.0543. The number of carboxylic acid groups (broad SMARTS) is 3. The summed E-state index contributed by atoms with van der Waals surface area (Å²) in [5, 5.41) is 28.2. The van der Waals surface area contributed by atoms with Gasteiger partial charge >= 0.3 is 17.9 Å². The number of hydrogen-bond donors (Lipinski definition) is 3. The van der Waals surface area contributed by atoms with Crippen LogP contribution in [0.1, 0.15) is 130 Å². The van der Waals surface area contributed by atoms with E-state index < -0.39 is 35.7 Å². The lowest BCUT2D eigenvalue weighted by atomic mass is 10.0. The summed E-state index contributed by atoms with van der Waals surface area (Å²) >= 11 is 0. The second-order valence-electron chi connectivity index (χ2n) is 11.9. The molecule has 0 aromatic carbocycles. The molecule has 0 heterocycles. The van der Waals surface area contributed by atoms with Crippen LogP contribution >= 0.6 is 0 Å². The van der Waals surface area contributed by atoms with Crippen LogP contribution < -0.4 is 0 Å². The first-order valence-corrected chi connectivity index (χ1v) is 15.7.